The zero-order chi connectivity index (χ0) is 21.2. The summed E-state index contributed by atoms with van der Waals surface area (Å²) in [6, 6.07) is 13.6. The number of benzene rings is 2. The summed E-state index contributed by atoms with van der Waals surface area (Å²) in [6.45, 7) is 10.6. The van der Waals surface area contributed by atoms with E-state index in [1.165, 1.54) is 0 Å². The van der Waals surface area contributed by atoms with Gasteiger partial charge in [0.1, 0.15) is 12.4 Å². The van der Waals surface area contributed by atoms with Gasteiger partial charge in [-0.15, -0.1) is 0 Å². The summed E-state index contributed by atoms with van der Waals surface area (Å²) < 4.78 is 6.91. The van der Waals surface area contributed by atoms with Gasteiger partial charge in [-0.1, -0.05) is 53.5 Å². The number of hydrogen-bond donors (Lipinski definition) is 2. The molecule has 0 heterocycles. The van der Waals surface area contributed by atoms with Crippen LogP contribution < -0.4 is 10.1 Å². The number of nitrogens with one attached hydrogen (secondary N) is 1. The number of rotatable bonds is 12. The highest BCUT2D eigenvalue weighted by Gasteiger charge is 2.16. The van der Waals surface area contributed by atoms with Crippen molar-refractivity contribution in [2.75, 3.05) is 26.2 Å². The van der Waals surface area contributed by atoms with Gasteiger partial charge in [0.2, 0.25) is 0 Å². The molecule has 0 aliphatic rings. The fourth-order valence-corrected chi connectivity index (χ4v) is 3.60. The zero-order valence-electron chi connectivity index (χ0n) is 17.5. The molecule has 6 heteroatoms. The molecule has 0 aliphatic heterocycles. The van der Waals surface area contributed by atoms with Gasteiger partial charge in [0, 0.05) is 27.6 Å². The van der Waals surface area contributed by atoms with Crippen LogP contribution in [0.5, 0.6) is 5.75 Å². The largest absolute Gasteiger partial charge is 0.489 e. The van der Waals surface area contributed by atoms with Crippen LogP contribution in [-0.4, -0.2) is 42.2 Å². The fraction of sp³-hybridized carbons (Fsp3) is 0.478. The van der Waals surface area contributed by atoms with Crippen molar-refractivity contribution in [2.45, 2.75) is 45.9 Å². The highest BCUT2D eigenvalue weighted by molar-refractivity contribution is 9.10. The Morgan fingerprint density at radius 1 is 1.14 bits per heavy atom. The van der Waals surface area contributed by atoms with Crippen molar-refractivity contribution < 1.29 is 9.84 Å². The maximum atomic E-state index is 10.8. The van der Waals surface area contributed by atoms with Crippen LogP contribution in [0.1, 0.15) is 44.4 Å². The van der Waals surface area contributed by atoms with Crippen LogP contribution in [0.4, 0.5) is 0 Å². The monoisotopic (exact) mass is 482 g/mol. The molecule has 0 bridgehead atoms. The van der Waals surface area contributed by atoms with Crippen molar-refractivity contribution >= 4 is 27.5 Å². The molecule has 0 aliphatic carbocycles. The van der Waals surface area contributed by atoms with Crippen LogP contribution in [0.25, 0.3) is 0 Å². The van der Waals surface area contributed by atoms with E-state index >= 15 is 0 Å². The van der Waals surface area contributed by atoms with Crippen molar-refractivity contribution in [3.05, 3.63) is 63.1 Å². The summed E-state index contributed by atoms with van der Waals surface area (Å²) in [7, 11) is 0. The molecule has 29 heavy (non-hydrogen) atoms. The normalized spacial score (nSPS) is 13.5. The molecule has 0 radical (unpaired) electrons. The average Bonchev–Trinajstić information content (AvgIpc) is 2.73. The third-order valence-corrected chi connectivity index (χ3v) is 5.82. The third-order valence-electron chi connectivity index (χ3n) is 5.07. The Morgan fingerprint density at radius 2 is 1.83 bits per heavy atom. The first-order chi connectivity index (χ1) is 13.9. The molecular weight excluding hydrogens is 452 g/mol. The standard InChI is InChI=1S/C23H32BrClN2O2/c1-4-27(5-2)13-12-17(3)26-15-22(28)21-14-19(24)8-11-23(21)29-16-18-6-9-20(25)10-7-18/h6-11,14,17,22,26,28H,4-5,12-13,15-16H2,1-3H3. The van der Waals surface area contributed by atoms with Gasteiger partial charge in [0.25, 0.3) is 0 Å². The summed E-state index contributed by atoms with van der Waals surface area (Å²) in [6.07, 6.45) is 0.399. The molecule has 0 spiro atoms. The van der Waals surface area contributed by atoms with Crippen LogP contribution in [-0.2, 0) is 6.61 Å². The highest BCUT2D eigenvalue weighted by Crippen LogP contribution is 2.29. The summed E-state index contributed by atoms with van der Waals surface area (Å²) in [5, 5.41) is 14.9. The molecule has 0 aromatic heterocycles. The minimum Gasteiger partial charge on any atom is -0.489 e. The lowest BCUT2D eigenvalue weighted by Crippen LogP contribution is -2.34. The van der Waals surface area contributed by atoms with Gasteiger partial charge in [0.05, 0.1) is 6.10 Å². The Morgan fingerprint density at radius 3 is 2.48 bits per heavy atom. The van der Waals surface area contributed by atoms with Gasteiger partial charge < -0.3 is 20.1 Å². The second-order valence-corrected chi connectivity index (χ2v) is 8.59. The van der Waals surface area contributed by atoms with E-state index < -0.39 is 6.10 Å². The Bertz CT molecular complexity index is 738. The minimum atomic E-state index is -0.649. The maximum absolute atomic E-state index is 10.8. The zero-order valence-corrected chi connectivity index (χ0v) is 19.8. The van der Waals surface area contributed by atoms with Gasteiger partial charge in [0.15, 0.2) is 0 Å². The SMILES string of the molecule is CCN(CC)CCC(C)NCC(O)c1cc(Br)ccc1OCc1ccc(Cl)cc1. The second-order valence-electron chi connectivity index (χ2n) is 7.24. The molecule has 2 unspecified atom stereocenters. The Balaban J connectivity index is 1.93. The molecule has 160 valence electrons. The van der Waals surface area contributed by atoms with E-state index in [4.69, 9.17) is 16.3 Å². The highest BCUT2D eigenvalue weighted by atomic mass is 79.9. The number of hydrogen-bond acceptors (Lipinski definition) is 4. The van der Waals surface area contributed by atoms with Crippen molar-refractivity contribution in [1.29, 1.82) is 0 Å². The van der Waals surface area contributed by atoms with E-state index in [9.17, 15) is 5.11 Å². The predicted molar refractivity (Wildman–Crippen MR) is 125 cm³/mol. The molecule has 2 aromatic rings. The van der Waals surface area contributed by atoms with E-state index in [0.717, 1.165) is 41.7 Å². The van der Waals surface area contributed by atoms with Gasteiger partial charge in [-0.05, 0) is 68.9 Å². The summed E-state index contributed by atoms with van der Waals surface area (Å²) in [4.78, 5) is 2.41. The van der Waals surface area contributed by atoms with E-state index in [0.29, 0.717) is 30.0 Å². The first-order valence-electron chi connectivity index (χ1n) is 10.2. The summed E-state index contributed by atoms with van der Waals surface area (Å²) in [5.41, 5.74) is 1.80. The van der Waals surface area contributed by atoms with E-state index in [1.807, 2.05) is 42.5 Å². The van der Waals surface area contributed by atoms with Crippen molar-refractivity contribution in [3.63, 3.8) is 0 Å². The van der Waals surface area contributed by atoms with Gasteiger partial charge in [-0.2, -0.15) is 0 Å². The minimum absolute atomic E-state index is 0.329. The number of halogens is 2. The summed E-state index contributed by atoms with van der Waals surface area (Å²) >= 11 is 9.44. The van der Waals surface area contributed by atoms with E-state index in [2.05, 4.69) is 46.9 Å². The Hall–Kier alpha value is -1.11. The van der Waals surface area contributed by atoms with Gasteiger partial charge in [-0.3, -0.25) is 0 Å². The fourth-order valence-electron chi connectivity index (χ4n) is 3.09. The van der Waals surface area contributed by atoms with E-state index in [1.54, 1.807) is 0 Å². The lowest BCUT2D eigenvalue weighted by Gasteiger charge is -2.23. The predicted octanol–water partition coefficient (Wildman–Crippen LogP) is 5.42. The van der Waals surface area contributed by atoms with Crippen LogP contribution >= 0.6 is 27.5 Å². The lowest BCUT2D eigenvalue weighted by molar-refractivity contribution is 0.161. The molecule has 0 amide bonds. The molecule has 2 N–H and O–H groups in total. The van der Waals surface area contributed by atoms with Crippen LogP contribution in [0.3, 0.4) is 0 Å². The molecular formula is C23H32BrClN2O2. The number of aliphatic hydroxyl groups excluding tert-OH is 1. The molecule has 0 saturated carbocycles. The van der Waals surface area contributed by atoms with Gasteiger partial charge in [-0.25, -0.2) is 0 Å². The molecule has 2 atom stereocenters. The smallest absolute Gasteiger partial charge is 0.125 e. The Labute approximate surface area is 188 Å². The second kappa shape index (κ2) is 12.6. The van der Waals surface area contributed by atoms with E-state index in [-0.39, 0.29) is 0 Å². The van der Waals surface area contributed by atoms with Crippen molar-refractivity contribution in [1.82, 2.24) is 10.2 Å². The van der Waals surface area contributed by atoms with Crippen LogP contribution in [0.2, 0.25) is 5.02 Å². The number of aliphatic hydroxyl groups is 1. The number of nitrogens with zero attached hydrogens (tertiary/aromatic N) is 1. The average molecular weight is 484 g/mol. The molecule has 2 rings (SSSR count). The number of ether oxygens (including phenoxy) is 1. The molecule has 0 saturated heterocycles. The van der Waals surface area contributed by atoms with Gasteiger partial charge >= 0.3 is 0 Å². The first-order valence-corrected chi connectivity index (χ1v) is 11.4. The molecule has 2 aromatic carbocycles. The lowest BCUT2D eigenvalue weighted by atomic mass is 10.1. The topological polar surface area (TPSA) is 44.7 Å². The van der Waals surface area contributed by atoms with Crippen molar-refractivity contribution in [3.8, 4) is 5.75 Å². The first kappa shape index (κ1) is 24.2. The summed E-state index contributed by atoms with van der Waals surface area (Å²) in [5.74, 6) is 0.688. The van der Waals surface area contributed by atoms with Crippen LogP contribution in [0.15, 0.2) is 46.9 Å². The molecule has 4 nitrogen and oxygen atoms in total. The third kappa shape index (κ3) is 8.27. The Kier molecular flexibility index (Phi) is 10.5. The maximum Gasteiger partial charge on any atom is 0.125 e. The quantitative estimate of drug-likeness (QED) is 0.423. The van der Waals surface area contributed by atoms with Crippen molar-refractivity contribution in [2.24, 2.45) is 0 Å². The van der Waals surface area contributed by atoms with Crippen LogP contribution in [0, 0.1) is 0 Å². The molecule has 0 fully saturated rings.